The van der Waals surface area contributed by atoms with Crippen molar-refractivity contribution in [3.63, 3.8) is 0 Å². The van der Waals surface area contributed by atoms with Crippen LogP contribution in [-0.2, 0) is 10.2 Å². The van der Waals surface area contributed by atoms with Crippen molar-refractivity contribution in [3.8, 4) is 5.75 Å². The molecule has 0 N–H and O–H groups in total. The molecule has 0 bridgehead atoms. The van der Waals surface area contributed by atoms with Crippen LogP contribution in [0.4, 0.5) is 0 Å². The van der Waals surface area contributed by atoms with Crippen LogP contribution in [0.1, 0.15) is 87.9 Å². The third-order valence-corrected chi connectivity index (χ3v) is 5.55. The molecule has 1 aliphatic rings. The first-order valence-corrected chi connectivity index (χ1v) is 10.8. The van der Waals surface area contributed by atoms with Gasteiger partial charge in [-0.1, -0.05) is 33.8 Å². The minimum atomic E-state index is -0.0261. The Labute approximate surface area is 176 Å². The summed E-state index contributed by atoms with van der Waals surface area (Å²) < 4.78 is 6.25. The summed E-state index contributed by atoms with van der Waals surface area (Å²) in [5.41, 5.74) is 5.08. The molecule has 4 heteroatoms. The van der Waals surface area contributed by atoms with Crippen LogP contribution in [0, 0.1) is 19.8 Å². The molecule has 1 heterocycles. The van der Waals surface area contributed by atoms with Crippen molar-refractivity contribution < 1.29 is 9.53 Å². The third kappa shape index (κ3) is 5.43. The van der Waals surface area contributed by atoms with E-state index in [0.29, 0.717) is 11.8 Å². The van der Waals surface area contributed by atoms with Gasteiger partial charge in [0.25, 0.3) is 0 Å². The summed E-state index contributed by atoms with van der Waals surface area (Å²) >= 11 is 0. The van der Waals surface area contributed by atoms with Crippen molar-refractivity contribution in [1.82, 2.24) is 9.97 Å². The Hall–Kier alpha value is -2.23. The molecule has 1 saturated carbocycles. The maximum atomic E-state index is 8.81. The minimum absolute atomic E-state index is 0.0261. The number of benzene rings is 1. The van der Waals surface area contributed by atoms with E-state index >= 15 is 0 Å². The highest BCUT2D eigenvalue weighted by Gasteiger charge is 2.49. The fraction of sp³-hybridized carbons (Fsp3) is 0.560. The van der Waals surface area contributed by atoms with Crippen LogP contribution < -0.4 is 4.74 Å². The van der Waals surface area contributed by atoms with Gasteiger partial charge in [0.1, 0.15) is 17.9 Å². The van der Waals surface area contributed by atoms with Crippen LogP contribution in [-0.4, -0.2) is 22.9 Å². The lowest BCUT2D eigenvalue weighted by atomic mass is 9.86. The van der Waals surface area contributed by atoms with E-state index in [0.717, 1.165) is 49.3 Å². The van der Waals surface area contributed by atoms with Gasteiger partial charge in [-0.25, -0.2) is 9.97 Å². The van der Waals surface area contributed by atoms with Crippen LogP contribution in [0.25, 0.3) is 0 Å². The van der Waals surface area contributed by atoms with Gasteiger partial charge in [0, 0.05) is 12.4 Å². The van der Waals surface area contributed by atoms with Crippen LogP contribution in [0.5, 0.6) is 5.75 Å². The molecule has 4 nitrogen and oxygen atoms in total. The number of ether oxygens (including phenoxy) is 1. The monoisotopic (exact) mass is 396 g/mol. The van der Waals surface area contributed by atoms with Crippen LogP contribution in [0.3, 0.4) is 0 Å². The van der Waals surface area contributed by atoms with Crippen LogP contribution in [0.15, 0.2) is 24.5 Å². The number of aldehydes is 1. The largest absolute Gasteiger partial charge is 0.493 e. The second-order valence-electron chi connectivity index (χ2n) is 8.62. The molecule has 1 unspecified atom stereocenters. The summed E-state index contributed by atoms with van der Waals surface area (Å²) in [5.74, 6) is 3.01. The summed E-state index contributed by atoms with van der Waals surface area (Å²) in [6.45, 7) is 15.4. The molecule has 1 aromatic carbocycles. The molecule has 158 valence electrons. The zero-order valence-corrected chi connectivity index (χ0v) is 19.1. The van der Waals surface area contributed by atoms with Crippen LogP contribution in [0.2, 0.25) is 0 Å². The average Bonchev–Trinajstić information content (AvgIpc) is 3.49. The summed E-state index contributed by atoms with van der Waals surface area (Å²) in [6.07, 6.45) is 7.96. The smallest absolute Gasteiger partial charge is 0.138 e. The van der Waals surface area contributed by atoms with Crippen molar-refractivity contribution >= 4 is 6.29 Å². The molecule has 0 radical (unpaired) electrons. The van der Waals surface area contributed by atoms with Gasteiger partial charge in [0.2, 0.25) is 0 Å². The molecule has 1 atom stereocenters. The lowest BCUT2D eigenvalue weighted by molar-refractivity contribution is -0.106. The highest BCUT2D eigenvalue weighted by molar-refractivity contribution is 5.52. The van der Waals surface area contributed by atoms with Gasteiger partial charge in [-0.3, -0.25) is 0 Å². The average molecular weight is 397 g/mol. The van der Waals surface area contributed by atoms with Crippen LogP contribution >= 0.6 is 0 Å². The molecule has 1 fully saturated rings. The molecular weight excluding hydrogens is 360 g/mol. The zero-order valence-electron chi connectivity index (χ0n) is 19.1. The van der Waals surface area contributed by atoms with Gasteiger partial charge in [-0.2, -0.15) is 0 Å². The Kier molecular flexibility index (Phi) is 7.95. The van der Waals surface area contributed by atoms with E-state index in [-0.39, 0.29) is 5.41 Å². The van der Waals surface area contributed by atoms with E-state index in [2.05, 4.69) is 56.7 Å². The molecule has 0 saturated heterocycles. The second-order valence-corrected chi connectivity index (χ2v) is 8.62. The standard InChI is InChI=1S/C23H32N2O.C2H4O/c1-7-17(5)19-10-18(6)20(11-21(19)26-14-15(2)3)23(8-9-23)22-24-12-16(4)13-25-22;1-2-3/h10-13,15,17H,7-9,14H2,1-6H3;2H,1H3. The molecule has 3 rings (SSSR count). The molecular formula is C25H36N2O2. The van der Waals surface area contributed by atoms with E-state index in [9.17, 15) is 0 Å². The molecule has 0 amide bonds. The van der Waals surface area contributed by atoms with Crippen molar-refractivity contribution in [2.75, 3.05) is 6.61 Å². The lowest BCUT2D eigenvalue weighted by Crippen LogP contribution is -2.16. The zero-order chi connectivity index (χ0) is 21.6. The first kappa shape index (κ1) is 23.1. The van der Waals surface area contributed by atoms with Gasteiger partial charge in [-0.15, -0.1) is 0 Å². The van der Waals surface area contributed by atoms with Crippen molar-refractivity contribution in [3.05, 3.63) is 52.6 Å². The summed E-state index contributed by atoms with van der Waals surface area (Å²) in [7, 11) is 0. The fourth-order valence-corrected chi connectivity index (χ4v) is 3.59. The number of rotatable bonds is 7. The predicted octanol–water partition coefficient (Wildman–Crippen LogP) is 5.93. The van der Waals surface area contributed by atoms with Gasteiger partial charge >= 0.3 is 0 Å². The Balaban J connectivity index is 0.000000941. The normalized spacial score (nSPS) is 15.3. The first-order valence-electron chi connectivity index (χ1n) is 10.8. The number of aryl methyl sites for hydroxylation is 2. The molecule has 0 aliphatic heterocycles. The molecule has 1 aliphatic carbocycles. The van der Waals surface area contributed by atoms with Gasteiger partial charge in [-0.05, 0) is 80.2 Å². The summed E-state index contributed by atoms with van der Waals surface area (Å²) in [5, 5.41) is 0. The highest BCUT2D eigenvalue weighted by atomic mass is 16.5. The predicted molar refractivity (Wildman–Crippen MR) is 119 cm³/mol. The summed E-state index contributed by atoms with van der Waals surface area (Å²) in [4.78, 5) is 18.1. The highest BCUT2D eigenvalue weighted by Crippen LogP contribution is 2.54. The number of hydrogen-bond donors (Lipinski definition) is 0. The molecule has 0 spiro atoms. The van der Waals surface area contributed by atoms with Gasteiger partial charge in [0.05, 0.1) is 12.0 Å². The Morgan fingerprint density at radius 2 is 1.72 bits per heavy atom. The van der Waals surface area contributed by atoms with E-state index in [4.69, 9.17) is 9.53 Å². The lowest BCUT2D eigenvalue weighted by Gasteiger charge is -2.23. The van der Waals surface area contributed by atoms with Crippen molar-refractivity contribution in [2.45, 2.75) is 79.1 Å². The maximum absolute atomic E-state index is 8.81. The fourth-order valence-electron chi connectivity index (χ4n) is 3.59. The summed E-state index contributed by atoms with van der Waals surface area (Å²) in [6, 6.07) is 4.63. The minimum Gasteiger partial charge on any atom is -0.493 e. The van der Waals surface area contributed by atoms with E-state index in [1.165, 1.54) is 23.6 Å². The van der Waals surface area contributed by atoms with Crippen molar-refractivity contribution in [2.24, 2.45) is 5.92 Å². The number of aromatic nitrogens is 2. The molecule has 2 aromatic rings. The molecule has 1 aromatic heterocycles. The van der Waals surface area contributed by atoms with Crippen molar-refractivity contribution in [1.29, 1.82) is 0 Å². The molecule has 29 heavy (non-hydrogen) atoms. The first-order chi connectivity index (χ1) is 13.8. The maximum Gasteiger partial charge on any atom is 0.138 e. The Morgan fingerprint density at radius 1 is 1.14 bits per heavy atom. The number of hydrogen-bond acceptors (Lipinski definition) is 4. The van der Waals surface area contributed by atoms with E-state index < -0.39 is 0 Å². The number of carbonyl (C=O) groups excluding carboxylic acids is 1. The Morgan fingerprint density at radius 3 is 2.21 bits per heavy atom. The third-order valence-electron chi connectivity index (χ3n) is 5.55. The second kappa shape index (κ2) is 10.00. The topological polar surface area (TPSA) is 52.1 Å². The number of nitrogens with zero attached hydrogens (tertiary/aromatic N) is 2. The van der Waals surface area contributed by atoms with Gasteiger partial charge in [0.15, 0.2) is 0 Å². The van der Waals surface area contributed by atoms with E-state index in [1.54, 1.807) is 0 Å². The number of carbonyl (C=O) groups is 1. The van der Waals surface area contributed by atoms with E-state index in [1.807, 2.05) is 19.3 Å². The van der Waals surface area contributed by atoms with Gasteiger partial charge < -0.3 is 9.53 Å². The Bertz CT molecular complexity index is 808. The quantitative estimate of drug-likeness (QED) is 0.545. The SMILES string of the molecule is CC=O.CCC(C)c1cc(C)c(C2(c3ncc(C)cn3)CC2)cc1OCC(C)C.